The molecule has 160 valence electrons. The maximum absolute atomic E-state index is 9.06. The molecule has 0 radical (unpaired) electrons. The van der Waals surface area contributed by atoms with Crippen molar-refractivity contribution in [2.24, 2.45) is 0 Å². The Bertz CT molecular complexity index is 299. The summed E-state index contributed by atoms with van der Waals surface area (Å²) in [6, 6.07) is 0.160. The molecule has 0 aromatic carbocycles. The number of hydrogen-bond acceptors (Lipinski definition) is 3. The van der Waals surface area contributed by atoms with Crippen LogP contribution in [0.3, 0.4) is 0 Å². The van der Waals surface area contributed by atoms with Crippen LogP contribution in [0.5, 0.6) is 0 Å². The van der Waals surface area contributed by atoms with E-state index in [1.165, 1.54) is 83.5 Å². The van der Waals surface area contributed by atoms with E-state index < -0.39 is 8.80 Å². The van der Waals surface area contributed by atoms with Gasteiger partial charge in [0, 0.05) is 12.5 Å². The normalized spacial score (nSPS) is 12.2. The second-order valence-corrected chi connectivity index (χ2v) is 10.6. The molecule has 0 heterocycles. The predicted octanol–water partition coefficient (Wildman–Crippen LogP) is 1.46. The zero-order chi connectivity index (χ0) is 19.0. The lowest BCUT2D eigenvalue weighted by Crippen LogP contribution is -3.00. The Labute approximate surface area is 170 Å². The van der Waals surface area contributed by atoms with Gasteiger partial charge in [-0.1, -0.05) is 77.6 Å². The Balaban J connectivity index is 0. The molecule has 0 rings (SSSR count). The molecule has 0 spiro atoms. The molecule has 0 amide bonds. The van der Waals surface area contributed by atoms with Gasteiger partial charge in [-0.3, -0.25) is 0 Å². The first-order valence-corrected chi connectivity index (χ1v) is 12.8. The average Bonchev–Trinajstić information content (AvgIpc) is 2.50. The van der Waals surface area contributed by atoms with Gasteiger partial charge in [0.25, 0.3) is 0 Å². The Morgan fingerprint density at radius 2 is 0.923 bits per heavy atom. The maximum Gasteiger partial charge on any atom is 0.492 e. The van der Waals surface area contributed by atoms with Crippen molar-refractivity contribution >= 4 is 8.80 Å². The Kier molecular flexibility index (Phi) is 19.2. The first kappa shape index (κ1) is 28.6. The zero-order valence-corrected chi connectivity index (χ0v) is 19.4. The summed E-state index contributed by atoms with van der Waals surface area (Å²) in [7, 11) is 0.542. The summed E-state index contributed by atoms with van der Waals surface area (Å²) < 4.78 is 0.905. The van der Waals surface area contributed by atoms with E-state index >= 15 is 0 Å². The Morgan fingerprint density at radius 3 is 1.31 bits per heavy atom. The van der Waals surface area contributed by atoms with Gasteiger partial charge in [0.1, 0.15) is 0 Å². The second-order valence-electron chi connectivity index (χ2n) is 8.50. The minimum Gasteiger partial charge on any atom is -1.00 e. The van der Waals surface area contributed by atoms with Gasteiger partial charge in [0.05, 0.1) is 27.2 Å². The van der Waals surface area contributed by atoms with Crippen molar-refractivity contribution in [3.8, 4) is 0 Å². The smallest absolute Gasteiger partial charge is 0.492 e. The van der Waals surface area contributed by atoms with Gasteiger partial charge in [-0.2, -0.15) is 0 Å². The van der Waals surface area contributed by atoms with E-state index in [0.717, 1.165) is 17.6 Å². The minimum atomic E-state index is -3.84. The van der Waals surface area contributed by atoms with Crippen LogP contribution in [0.25, 0.3) is 0 Å². The van der Waals surface area contributed by atoms with Crippen LogP contribution in [-0.2, 0) is 0 Å². The van der Waals surface area contributed by atoms with Crippen LogP contribution in [-0.4, -0.2) is 54.9 Å². The van der Waals surface area contributed by atoms with Gasteiger partial charge < -0.3 is 31.3 Å². The summed E-state index contributed by atoms with van der Waals surface area (Å²) in [5.41, 5.74) is 0. The minimum absolute atomic E-state index is 0. The monoisotopic (exact) mass is 411 g/mol. The Hall–Kier alpha value is 0.347. The summed E-state index contributed by atoms with van der Waals surface area (Å²) >= 11 is 0. The van der Waals surface area contributed by atoms with Crippen molar-refractivity contribution in [3.05, 3.63) is 0 Å². The van der Waals surface area contributed by atoms with Gasteiger partial charge >= 0.3 is 8.80 Å². The quantitative estimate of drug-likeness (QED) is 0.182. The number of nitrogens with zero attached hydrogens (tertiary/aromatic N) is 1. The molecule has 0 fully saturated rings. The molecule has 4 nitrogen and oxygen atoms in total. The summed E-state index contributed by atoms with van der Waals surface area (Å²) in [6.07, 6.45) is 18.6. The lowest BCUT2D eigenvalue weighted by molar-refractivity contribution is -0.890. The number of unbranched alkanes of at least 4 members (excludes halogenated alkanes) is 12. The molecule has 0 saturated carbocycles. The first-order chi connectivity index (χ1) is 11.8. The van der Waals surface area contributed by atoms with Gasteiger partial charge in [-0.05, 0) is 12.8 Å². The first-order valence-electron chi connectivity index (χ1n) is 10.8. The predicted molar refractivity (Wildman–Crippen MR) is 109 cm³/mol. The molecule has 3 N–H and O–H groups in total. The van der Waals surface area contributed by atoms with Crippen LogP contribution in [0.15, 0.2) is 0 Å². The molecule has 0 aromatic rings. The standard InChI is InChI=1S/C20H46NO3Si.ClH/c1-4-5-6-7-8-9-10-11-12-13-14-15-16-18-21(2,3)19-17-20-25(22,23)24;/h22-24H,4-20H2,1-3H3;1H/q+1;/p-1. The van der Waals surface area contributed by atoms with Gasteiger partial charge in [-0.15, -0.1) is 0 Å². The summed E-state index contributed by atoms with van der Waals surface area (Å²) in [5, 5.41) is 0. The number of hydrogen-bond donors (Lipinski definition) is 3. The highest BCUT2D eigenvalue weighted by molar-refractivity contribution is 6.56. The highest BCUT2D eigenvalue weighted by atomic mass is 35.5. The summed E-state index contributed by atoms with van der Waals surface area (Å²) in [5.74, 6) is 0. The zero-order valence-electron chi connectivity index (χ0n) is 17.7. The highest BCUT2D eigenvalue weighted by Crippen LogP contribution is 2.14. The van der Waals surface area contributed by atoms with Crippen molar-refractivity contribution in [1.29, 1.82) is 0 Å². The van der Waals surface area contributed by atoms with Crippen LogP contribution in [0.4, 0.5) is 0 Å². The van der Waals surface area contributed by atoms with E-state index in [1.807, 2.05) is 0 Å². The third kappa shape index (κ3) is 22.4. The number of quaternary nitrogens is 1. The number of halogens is 1. The van der Waals surface area contributed by atoms with Crippen LogP contribution in [0, 0.1) is 0 Å². The van der Waals surface area contributed by atoms with Crippen molar-refractivity contribution in [3.63, 3.8) is 0 Å². The lowest BCUT2D eigenvalue weighted by atomic mass is 10.0. The maximum atomic E-state index is 9.06. The summed E-state index contributed by atoms with van der Waals surface area (Å²) in [6.45, 7) is 4.30. The number of rotatable bonds is 18. The molecule has 0 aliphatic rings. The third-order valence-electron chi connectivity index (χ3n) is 5.14. The van der Waals surface area contributed by atoms with Gasteiger partial charge in [0.2, 0.25) is 0 Å². The van der Waals surface area contributed by atoms with Gasteiger partial charge in [0.15, 0.2) is 0 Å². The molecule has 0 atom stereocenters. The van der Waals surface area contributed by atoms with E-state index in [2.05, 4.69) is 21.0 Å². The van der Waals surface area contributed by atoms with Crippen molar-refractivity contribution in [2.45, 2.75) is 103 Å². The van der Waals surface area contributed by atoms with Crippen molar-refractivity contribution in [1.82, 2.24) is 0 Å². The summed E-state index contributed by atoms with van der Waals surface area (Å²) in [4.78, 5) is 27.2. The molecule has 26 heavy (non-hydrogen) atoms. The largest absolute Gasteiger partial charge is 1.00 e. The van der Waals surface area contributed by atoms with Crippen LogP contribution in [0.2, 0.25) is 6.04 Å². The Morgan fingerprint density at radius 1 is 0.577 bits per heavy atom. The van der Waals surface area contributed by atoms with Gasteiger partial charge in [-0.25, -0.2) is 0 Å². The SMILES string of the molecule is CCCCCCCCCCCCCCC[N+](C)(C)CCC[Si](O)(O)O.[Cl-]. The van der Waals surface area contributed by atoms with E-state index in [-0.39, 0.29) is 18.5 Å². The average molecular weight is 412 g/mol. The molecule has 6 heteroatoms. The molecular formula is C20H46ClNO3Si. The fraction of sp³-hybridized carbons (Fsp3) is 1.00. The molecular weight excluding hydrogens is 366 g/mol. The molecule has 0 aromatic heterocycles. The fourth-order valence-corrected chi connectivity index (χ4v) is 4.05. The van der Waals surface area contributed by atoms with Crippen LogP contribution >= 0.6 is 0 Å². The van der Waals surface area contributed by atoms with E-state index in [1.54, 1.807) is 0 Å². The fourth-order valence-electron chi connectivity index (χ4n) is 3.41. The lowest BCUT2D eigenvalue weighted by Gasteiger charge is -2.30. The molecule has 0 aliphatic heterocycles. The van der Waals surface area contributed by atoms with Crippen LogP contribution in [0.1, 0.15) is 96.8 Å². The highest BCUT2D eigenvalue weighted by Gasteiger charge is 2.27. The third-order valence-corrected chi connectivity index (χ3v) is 6.17. The topological polar surface area (TPSA) is 60.7 Å². The molecule has 0 aliphatic carbocycles. The molecule has 0 unspecified atom stereocenters. The van der Waals surface area contributed by atoms with Crippen molar-refractivity contribution < 1.29 is 31.3 Å². The van der Waals surface area contributed by atoms with E-state index in [4.69, 9.17) is 14.4 Å². The molecule has 0 bridgehead atoms. The van der Waals surface area contributed by atoms with Crippen molar-refractivity contribution in [2.75, 3.05) is 27.2 Å². The second kappa shape index (κ2) is 17.4. The van der Waals surface area contributed by atoms with E-state index in [9.17, 15) is 0 Å². The van der Waals surface area contributed by atoms with E-state index in [0.29, 0.717) is 6.42 Å². The van der Waals surface area contributed by atoms with Crippen LogP contribution < -0.4 is 12.4 Å². The molecule has 0 saturated heterocycles.